The predicted octanol–water partition coefficient (Wildman–Crippen LogP) is 4.33. The van der Waals surface area contributed by atoms with E-state index in [1.807, 2.05) is 61.5 Å². The molecule has 1 fully saturated rings. The third-order valence-corrected chi connectivity index (χ3v) is 5.93. The van der Waals surface area contributed by atoms with Crippen molar-refractivity contribution in [3.63, 3.8) is 0 Å². The molecule has 1 aliphatic rings. The molecule has 0 spiro atoms. The zero-order valence-electron chi connectivity index (χ0n) is 19.1. The molecule has 0 heterocycles. The van der Waals surface area contributed by atoms with Gasteiger partial charge in [0.15, 0.2) is 0 Å². The summed E-state index contributed by atoms with van der Waals surface area (Å²) in [7, 11) is 1.62. The van der Waals surface area contributed by atoms with Crippen molar-refractivity contribution in [1.29, 1.82) is 0 Å². The Morgan fingerprint density at radius 3 is 2.38 bits per heavy atom. The van der Waals surface area contributed by atoms with Crippen LogP contribution in [0.3, 0.4) is 0 Å². The highest BCUT2D eigenvalue weighted by molar-refractivity contribution is 5.87. The molecule has 0 radical (unpaired) electrons. The van der Waals surface area contributed by atoms with Gasteiger partial charge in [0.2, 0.25) is 11.8 Å². The highest BCUT2D eigenvalue weighted by atomic mass is 16.5. The zero-order valence-corrected chi connectivity index (χ0v) is 19.1. The van der Waals surface area contributed by atoms with E-state index >= 15 is 0 Å². The molecule has 0 aromatic heterocycles. The third-order valence-electron chi connectivity index (χ3n) is 5.93. The molecule has 172 valence electrons. The number of rotatable bonds is 11. The van der Waals surface area contributed by atoms with Crippen molar-refractivity contribution in [2.24, 2.45) is 0 Å². The number of hydrogen-bond acceptors (Lipinski definition) is 4. The summed E-state index contributed by atoms with van der Waals surface area (Å²) in [4.78, 5) is 27.7. The second-order valence-corrected chi connectivity index (χ2v) is 8.30. The molecule has 0 unspecified atom stereocenters. The van der Waals surface area contributed by atoms with Gasteiger partial charge < -0.3 is 19.7 Å². The maximum Gasteiger partial charge on any atom is 0.242 e. The lowest BCUT2D eigenvalue weighted by atomic mass is 10.1. The maximum absolute atomic E-state index is 13.1. The molecule has 6 nitrogen and oxygen atoms in total. The third kappa shape index (κ3) is 7.01. The van der Waals surface area contributed by atoms with Crippen LogP contribution in [0.5, 0.6) is 11.5 Å². The standard InChI is InChI=1S/C26H34N2O4/c1-20(26(30)27-22-9-6-7-10-22)28(19-21-14-16-23(31-2)17-15-21)25(29)13-8-18-32-24-11-4-3-5-12-24/h3-5,11-12,14-17,20,22H,6-10,13,18-19H2,1-2H3,(H,27,30)/t20-/m0/s1. The Labute approximate surface area is 190 Å². The Hall–Kier alpha value is -3.02. The first-order valence-corrected chi connectivity index (χ1v) is 11.5. The molecule has 0 aliphatic heterocycles. The lowest BCUT2D eigenvalue weighted by Crippen LogP contribution is -2.49. The second-order valence-electron chi connectivity index (χ2n) is 8.30. The van der Waals surface area contributed by atoms with Crippen molar-refractivity contribution < 1.29 is 19.1 Å². The van der Waals surface area contributed by atoms with Gasteiger partial charge in [0.1, 0.15) is 17.5 Å². The van der Waals surface area contributed by atoms with Gasteiger partial charge in [0.25, 0.3) is 0 Å². The summed E-state index contributed by atoms with van der Waals surface area (Å²) in [5, 5.41) is 3.13. The van der Waals surface area contributed by atoms with Crippen LogP contribution in [0.4, 0.5) is 0 Å². The van der Waals surface area contributed by atoms with Gasteiger partial charge in [0.05, 0.1) is 13.7 Å². The number of hydrogen-bond donors (Lipinski definition) is 1. The lowest BCUT2D eigenvalue weighted by molar-refractivity contribution is -0.141. The van der Waals surface area contributed by atoms with Crippen molar-refractivity contribution >= 4 is 11.8 Å². The summed E-state index contributed by atoms with van der Waals surface area (Å²) >= 11 is 0. The van der Waals surface area contributed by atoms with E-state index in [9.17, 15) is 9.59 Å². The minimum absolute atomic E-state index is 0.0495. The molecule has 0 saturated heterocycles. The number of carbonyl (C=O) groups is 2. The molecule has 1 saturated carbocycles. The molecule has 6 heteroatoms. The van der Waals surface area contributed by atoms with Crippen LogP contribution in [-0.4, -0.2) is 42.5 Å². The fourth-order valence-corrected chi connectivity index (χ4v) is 3.98. The van der Waals surface area contributed by atoms with E-state index in [1.54, 1.807) is 12.0 Å². The minimum atomic E-state index is -0.541. The topological polar surface area (TPSA) is 67.9 Å². The van der Waals surface area contributed by atoms with Crippen molar-refractivity contribution in [1.82, 2.24) is 10.2 Å². The van der Waals surface area contributed by atoms with Crippen LogP contribution in [-0.2, 0) is 16.1 Å². The molecule has 2 aromatic carbocycles. The Kier molecular flexibility index (Phi) is 8.96. The first-order valence-electron chi connectivity index (χ1n) is 11.5. The summed E-state index contributed by atoms with van der Waals surface area (Å²) in [6, 6.07) is 16.8. The summed E-state index contributed by atoms with van der Waals surface area (Å²) in [5.74, 6) is 1.42. The van der Waals surface area contributed by atoms with Crippen LogP contribution < -0.4 is 14.8 Å². The molecular formula is C26H34N2O4. The number of benzene rings is 2. The van der Waals surface area contributed by atoms with E-state index in [0.29, 0.717) is 26.0 Å². The van der Waals surface area contributed by atoms with Crippen LogP contribution in [0, 0.1) is 0 Å². The number of amides is 2. The lowest BCUT2D eigenvalue weighted by Gasteiger charge is -2.30. The average Bonchev–Trinajstić information content (AvgIpc) is 3.34. The van der Waals surface area contributed by atoms with Crippen LogP contribution in [0.25, 0.3) is 0 Å². The Bertz CT molecular complexity index is 848. The van der Waals surface area contributed by atoms with Crippen molar-refractivity contribution in [2.45, 2.75) is 64.1 Å². The zero-order chi connectivity index (χ0) is 22.8. The van der Waals surface area contributed by atoms with Crippen LogP contribution in [0.2, 0.25) is 0 Å². The van der Waals surface area contributed by atoms with Crippen molar-refractivity contribution in [2.75, 3.05) is 13.7 Å². The number of carbonyl (C=O) groups excluding carboxylic acids is 2. The largest absolute Gasteiger partial charge is 0.497 e. The summed E-state index contributed by atoms with van der Waals surface area (Å²) in [6.07, 6.45) is 5.24. The van der Waals surface area contributed by atoms with Gasteiger partial charge in [0, 0.05) is 19.0 Å². The van der Waals surface area contributed by atoms with Crippen LogP contribution >= 0.6 is 0 Å². The maximum atomic E-state index is 13.1. The van der Waals surface area contributed by atoms with Gasteiger partial charge in [-0.1, -0.05) is 43.2 Å². The monoisotopic (exact) mass is 438 g/mol. The van der Waals surface area contributed by atoms with Gasteiger partial charge >= 0.3 is 0 Å². The SMILES string of the molecule is COc1ccc(CN(C(=O)CCCOc2ccccc2)[C@@H](C)C(=O)NC2CCCC2)cc1. The molecule has 32 heavy (non-hydrogen) atoms. The van der Waals surface area contributed by atoms with E-state index < -0.39 is 6.04 Å². The van der Waals surface area contributed by atoms with Crippen molar-refractivity contribution in [3.05, 3.63) is 60.2 Å². The fraction of sp³-hybridized carbons (Fsp3) is 0.462. The number of ether oxygens (including phenoxy) is 2. The van der Waals surface area contributed by atoms with Gasteiger partial charge in [-0.2, -0.15) is 0 Å². The van der Waals surface area contributed by atoms with Gasteiger partial charge in [-0.15, -0.1) is 0 Å². The second kappa shape index (κ2) is 12.1. The molecule has 2 amide bonds. The normalized spacial score (nSPS) is 14.6. The van der Waals surface area contributed by atoms with E-state index in [2.05, 4.69) is 5.32 Å². The van der Waals surface area contributed by atoms with E-state index in [1.165, 1.54) is 0 Å². The smallest absolute Gasteiger partial charge is 0.242 e. The summed E-state index contributed by atoms with van der Waals surface area (Å²) in [6.45, 7) is 2.64. The molecule has 1 atom stereocenters. The Morgan fingerprint density at radius 2 is 1.72 bits per heavy atom. The van der Waals surface area contributed by atoms with E-state index in [-0.39, 0.29) is 17.9 Å². The Morgan fingerprint density at radius 1 is 1.03 bits per heavy atom. The molecule has 0 bridgehead atoms. The number of methoxy groups -OCH3 is 1. The number of nitrogens with zero attached hydrogens (tertiary/aromatic N) is 1. The van der Waals surface area contributed by atoms with Crippen LogP contribution in [0.1, 0.15) is 51.0 Å². The number of para-hydroxylation sites is 1. The number of nitrogens with one attached hydrogen (secondary N) is 1. The van der Waals surface area contributed by atoms with Crippen LogP contribution in [0.15, 0.2) is 54.6 Å². The first kappa shape index (κ1) is 23.6. The molecule has 1 N–H and O–H groups in total. The predicted molar refractivity (Wildman–Crippen MR) is 125 cm³/mol. The fourth-order valence-electron chi connectivity index (χ4n) is 3.98. The average molecular weight is 439 g/mol. The van der Waals surface area contributed by atoms with E-state index in [0.717, 1.165) is 42.7 Å². The van der Waals surface area contributed by atoms with Gasteiger partial charge in [-0.25, -0.2) is 0 Å². The molecular weight excluding hydrogens is 404 g/mol. The highest BCUT2D eigenvalue weighted by Gasteiger charge is 2.28. The van der Waals surface area contributed by atoms with Gasteiger partial charge in [-0.05, 0) is 56.0 Å². The Balaban J connectivity index is 1.60. The highest BCUT2D eigenvalue weighted by Crippen LogP contribution is 2.19. The summed E-state index contributed by atoms with van der Waals surface area (Å²) in [5.41, 5.74) is 0.959. The van der Waals surface area contributed by atoms with E-state index in [4.69, 9.17) is 9.47 Å². The van der Waals surface area contributed by atoms with Crippen molar-refractivity contribution in [3.8, 4) is 11.5 Å². The minimum Gasteiger partial charge on any atom is -0.497 e. The summed E-state index contributed by atoms with van der Waals surface area (Å²) < 4.78 is 10.9. The first-order chi connectivity index (χ1) is 15.6. The molecule has 3 rings (SSSR count). The molecule has 2 aromatic rings. The quantitative estimate of drug-likeness (QED) is 0.530. The van der Waals surface area contributed by atoms with Gasteiger partial charge in [-0.3, -0.25) is 9.59 Å². The molecule has 1 aliphatic carbocycles.